The molecule has 0 aromatic carbocycles. The van der Waals surface area contributed by atoms with E-state index in [-0.39, 0.29) is 12.0 Å². The molecule has 0 bridgehead atoms. The molecule has 0 unspecified atom stereocenters. The van der Waals surface area contributed by atoms with Gasteiger partial charge in [0, 0.05) is 31.1 Å². The van der Waals surface area contributed by atoms with Gasteiger partial charge in [-0.1, -0.05) is 27.7 Å². The maximum absolute atomic E-state index is 8.77. The second-order valence-electron chi connectivity index (χ2n) is 5.52. The van der Waals surface area contributed by atoms with Crippen LogP contribution in [-0.4, -0.2) is 34.8 Å². The first kappa shape index (κ1) is 15.7. The Morgan fingerprint density at radius 1 is 1.32 bits per heavy atom. The third-order valence-corrected chi connectivity index (χ3v) is 2.48. The highest BCUT2D eigenvalue weighted by atomic mass is 16.5. The molecule has 1 rings (SSSR count). The zero-order valence-electron chi connectivity index (χ0n) is 12.4. The summed E-state index contributed by atoms with van der Waals surface area (Å²) in [6.45, 7) is 9.78. The molecule has 108 valence electrons. The first-order valence-corrected chi connectivity index (χ1v) is 6.84. The highest BCUT2D eigenvalue weighted by Crippen LogP contribution is 2.23. The molecule has 0 saturated heterocycles. The molecule has 0 atom stereocenters. The van der Waals surface area contributed by atoms with Crippen LogP contribution >= 0.6 is 0 Å². The van der Waals surface area contributed by atoms with Gasteiger partial charge in [-0.25, -0.2) is 4.98 Å². The Labute approximate surface area is 115 Å². The van der Waals surface area contributed by atoms with E-state index < -0.39 is 0 Å². The molecule has 0 aliphatic carbocycles. The SMILES string of the molecule is CCCNc1cc(OCCCO)nc(C(C)(C)C)n1. The summed E-state index contributed by atoms with van der Waals surface area (Å²) < 4.78 is 5.55. The number of ether oxygens (including phenoxy) is 1. The maximum Gasteiger partial charge on any atom is 0.218 e. The second kappa shape index (κ2) is 7.28. The van der Waals surface area contributed by atoms with Crippen molar-refractivity contribution in [3.05, 3.63) is 11.9 Å². The van der Waals surface area contributed by atoms with Gasteiger partial charge in [-0.15, -0.1) is 0 Å². The molecule has 19 heavy (non-hydrogen) atoms. The van der Waals surface area contributed by atoms with Crippen molar-refractivity contribution >= 4 is 5.82 Å². The lowest BCUT2D eigenvalue weighted by Crippen LogP contribution is -2.18. The van der Waals surface area contributed by atoms with Gasteiger partial charge >= 0.3 is 0 Å². The van der Waals surface area contributed by atoms with Crippen molar-refractivity contribution in [2.24, 2.45) is 0 Å². The first-order chi connectivity index (χ1) is 8.97. The zero-order valence-corrected chi connectivity index (χ0v) is 12.4. The van der Waals surface area contributed by atoms with Gasteiger partial charge in [-0.05, 0) is 6.42 Å². The molecule has 0 aliphatic rings. The third-order valence-electron chi connectivity index (χ3n) is 2.48. The molecule has 0 aliphatic heterocycles. The molecular weight excluding hydrogens is 242 g/mol. The van der Waals surface area contributed by atoms with Crippen LogP contribution in [0.15, 0.2) is 6.07 Å². The lowest BCUT2D eigenvalue weighted by atomic mass is 9.96. The molecule has 0 spiro atoms. The predicted octanol–water partition coefficient (Wildman–Crippen LogP) is 2.36. The zero-order chi connectivity index (χ0) is 14.3. The van der Waals surface area contributed by atoms with Gasteiger partial charge in [0.25, 0.3) is 0 Å². The van der Waals surface area contributed by atoms with E-state index in [0.29, 0.717) is 18.9 Å². The fourth-order valence-corrected chi connectivity index (χ4v) is 1.42. The third kappa shape index (κ3) is 5.42. The van der Waals surface area contributed by atoms with Crippen molar-refractivity contribution < 1.29 is 9.84 Å². The normalized spacial score (nSPS) is 11.4. The van der Waals surface area contributed by atoms with Gasteiger partial charge < -0.3 is 15.2 Å². The number of hydrogen-bond donors (Lipinski definition) is 2. The Kier molecular flexibility index (Phi) is 6.02. The molecule has 0 saturated carbocycles. The molecule has 1 heterocycles. The van der Waals surface area contributed by atoms with Crippen molar-refractivity contribution in [2.75, 3.05) is 25.1 Å². The van der Waals surface area contributed by atoms with E-state index in [2.05, 4.69) is 43.0 Å². The summed E-state index contributed by atoms with van der Waals surface area (Å²) in [7, 11) is 0. The van der Waals surface area contributed by atoms with Gasteiger partial charge in [0.1, 0.15) is 11.6 Å². The maximum atomic E-state index is 8.77. The number of rotatable bonds is 7. The molecule has 0 amide bonds. The van der Waals surface area contributed by atoms with E-state index in [1.54, 1.807) is 0 Å². The van der Waals surface area contributed by atoms with Crippen LogP contribution in [0, 0.1) is 0 Å². The van der Waals surface area contributed by atoms with E-state index in [4.69, 9.17) is 9.84 Å². The number of aliphatic hydroxyl groups excluding tert-OH is 1. The van der Waals surface area contributed by atoms with Crippen molar-refractivity contribution in [1.29, 1.82) is 0 Å². The average Bonchev–Trinajstić information content (AvgIpc) is 2.35. The molecule has 1 aromatic heterocycles. The molecule has 2 N–H and O–H groups in total. The van der Waals surface area contributed by atoms with Crippen molar-refractivity contribution in [1.82, 2.24) is 9.97 Å². The monoisotopic (exact) mass is 267 g/mol. The number of nitrogens with zero attached hydrogens (tertiary/aromatic N) is 2. The summed E-state index contributed by atoms with van der Waals surface area (Å²) in [5.74, 6) is 2.11. The summed E-state index contributed by atoms with van der Waals surface area (Å²) in [6.07, 6.45) is 1.64. The van der Waals surface area contributed by atoms with E-state index in [0.717, 1.165) is 24.6 Å². The number of nitrogens with one attached hydrogen (secondary N) is 1. The minimum Gasteiger partial charge on any atom is -0.477 e. The summed E-state index contributed by atoms with van der Waals surface area (Å²) in [4.78, 5) is 8.95. The van der Waals surface area contributed by atoms with Gasteiger partial charge in [0.15, 0.2) is 0 Å². The smallest absolute Gasteiger partial charge is 0.218 e. The predicted molar refractivity (Wildman–Crippen MR) is 76.7 cm³/mol. The number of aromatic nitrogens is 2. The molecular formula is C14H25N3O2. The van der Waals surface area contributed by atoms with Crippen LogP contribution in [-0.2, 0) is 5.41 Å². The molecule has 5 nitrogen and oxygen atoms in total. The summed E-state index contributed by atoms with van der Waals surface area (Å²) in [5.41, 5.74) is -0.126. The molecule has 0 radical (unpaired) electrons. The van der Waals surface area contributed by atoms with Crippen molar-refractivity contribution in [3.8, 4) is 5.88 Å². The van der Waals surface area contributed by atoms with Crippen LogP contribution in [0.25, 0.3) is 0 Å². The fourth-order valence-electron chi connectivity index (χ4n) is 1.42. The Morgan fingerprint density at radius 2 is 2.05 bits per heavy atom. The van der Waals surface area contributed by atoms with Crippen LogP contribution in [0.2, 0.25) is 0 Å². The van der Waals surface area contributed by atoms with E-state index in [9.17, 15) is 0 Å². The fraction of sp³-hybridized carbons (Fsp3) is 0.714. The average molecular weight is 267 g/mol. The van der Waals surface area contributed by atoms with Gasteiger partial charge in [-0.2, -0.15) is 4.98 Å². The Balaban J connectivity index is 2.89. The topological polar surface area (TPSA) is 67.3 Å². The van der Waals surface area contributed by atoms with E-state index in [1.165, 1.54) is 0 Å². The van der Waals surface area contributed by atoms with Crippen LogP contribution in [0.4, 0.5) is 5.82 Å². The number of anilines is 1. The van der Waals surface area contributed by atoms with Gasteiger partial charge in [-0.3, -0.25) is 0 Å². The number of aliphatic hydroxyl groups is 1. The lowest BCUT2D eigenvalue weighted by Gasteiger charge is -2.19. The van der Waals surface area contributed by atoms with E-state index >= 15 is 0 Å². The van der Waals surface area contributed by atoms with Crippen LogP contribution in [0.5, 0.6) is 5.88 Å². The van der Waals surface area contributed by atoms with Crippen LogP contribution in [0.3, 0.4) is 0 Å². The van der Waals surface area contributed by atoms with Gasteiger partial charge in [0.05, 0.1) is 6.61 Å². The van der Waals surface area contributed by atoms with Gasteiger partial charge in [0.2, 0.25) is 5.88 Å². The van der Waals surface area contributed by atoms with Crippen LogP contribution < -0.4 is 10.1 Å². The van der Waals surface area contributed by atoms with Crippen molar-refractivity contribution in [2.45, 2.75) is 46.0 Å². The number of hydrogen-bond acceptors (Lipinski definition) is 5. The molecule has 0 fully saturated rings. The van der Waals surface area contributed by atoms with E-state index in [1.807, 2.05) is 6.07 Å². The Hall–Kier alpha value is -1.36. The van der Waals surface area contributed by atoms with Crippen LogP contribution in [0.1, 0.15) is 46.4 Å². The standard InChI is InChI=1S/C14H25N3O2/c1-5-7-15-11-10-12(19-9-6-8-18)17-13(16-11)14(2,3)4/h10,18H,5-9H2,1-4H3,(H,15,16,17). The lowest BCUT2D eigenvalue weighted by molar-refractivity contribution is 0.228. The minimum absolute atomic E-state index is 0.123. The summed E-state index contributed by atoms with van der Waals surface area (Å²) in [5, 5.41) is 12.0. The van der Waals surface area contributed by atoms with Crippen molar-refractivity contribution in [3.63, 3.8) is 0 Å². The minimum atomic E-state index is -0.126. The quantitative estimate of drug-likeness (QED) is 0.742. The molecule has 5 heteroatoms. The highest BCUT2D eigenvalue weighted by Gasteiger charge is 2.19. The largest absolute Gasteiger partial charge is 0.477 e. The Morgan fingerprint density at radius 3 is 2.63 bits per heavy atom. The summed E-state index contributed by atoms with van der Waals surface area (Å²) in [6, 6.07) is 1.81. The highest BCUT2D eigenvalue weighted by molar-refractivity contribution is 5.39. The molecule has 1 aromatic rings. The summed E-state index contributed by atoms with van der Waals surface area (Å²) >= 11 is 0. The first-order valence-electron chi connectivity index (χ1n) is 6.84. The second-order valence-corrected chi connectivity index (χ2v) is 5.52. The Bertz CT molecular complexity index is 389.